The third-order valence-corrected chi connectivity index (χ3v) is 15.0. The minimum absolute atomic E-state index is 1.24. The van der Waals surface area contributed by atoms with Gasteiger partial charge < -0.3 is 0 Å². The van der Waals surface area contributed by atoms with E-state index in [1.165, 1.54) is 128 Å². The normalized spacial score (nSPS) is 12.0. The Labute approximate surface area is 354 Å². The van der Waals surface area contributed by atoms with Crippen LogP contribution in [0.25, 0.3) is 128 Å². The van der Waals surface area contributed by atoms with Gasteiger partial charge in [-0.2, -0.15) is 0 Å². The Kier molecular flexibility index (Phi) is 7.45. The van der Waals surface area contributed by atoms with Gasteiger partial charge in [0, 0.05) is 45.9 Å². The molecular formula is C58H34S2. The summed E-state index contributed by atoms with van der Waals surface area (Å²) in [5.41, 5.74) is 10.3. The zero-order valence-electron chi connectivity index (χ0n) is 32.4. The van der Waals surface area contributed by atoms with Crippen LogP contribution in [0.15, 0.2) is 206 Å². The standard InChI is InChI=1S/C58H34S2/c1-2-16-35(17-3-1)53-39-19-4-8-23-43(39)55(44-24-9-5-20-40(44)53)47-27-15-31-51-57(47)49-29-14-28-48(58(49)60-51)56-45-25-10-6-21-41(45)54(42-22-7-11-26-46(42)56)36-32-33-38-37-18-12-13-30-50(37)59-52(38)34-36/h1-34H. The third-order valence-electron chi connectivity index (χ3n) is 12.7. The van der Waals surface area contributed by atoms with E-state index in [1.54, 1.807) is 0 Å². The summed E-state index contributed by atoms with van der Waals surface area (Å²) >= 11 is 3.81. The summed E-state index contributed by atoms with van der Waals surface area (Å²) in [5, 5.41) is 15.5. The van der Waals surface area contributed by atoms with Gasteiger partial charge in [-0.3, -0.25) is 0 Å². The van der Waals surface area contributed by atoms with E-state index in [1.807, 2.05) is 22.7 Å². The molecule has 11 aromatic carbocycles. The van der Waals surface area contributed by atoms with Crippen LogP contribution in [0.5, 0.6) is 0 Å². The van der Waals surface area contributed by atoms with E-state index < -0.39 is 0 Å². The molecular weight excluding hydrogens is 761 g/mol. The van der Waals surface area contributed by atoms with Gasteiger partial charge in [0.1, 0.15) is 0 Å². The molecule has 13 rings (SSSR count). The van der Waals surface area contributed by atoms with Crippen LogP contribution in [-0.4, -0.2) is 0 Å². The maximum absolute atomic E-state index is 2.42. The first-order valence-electron chi connectivity index (χ1n) is 20.6. The predicted octanol–water partition coefficient (Wildman–Crippen LogP) is 17.7. The van der Waals surface area contributed by atoms with E-state index in [0.29, 0.717) is 0 Å². The van der Waals surface area contributed by atoms with Gasteiger partial charge >= 0.3 is 0 Å². The Hall–Kier alpha value is -7.10. The summed E-state index contributed by atoms with van der Waals surface area (Å²) in [6.45, 7) is 0. The highest BCUT2D eigenvalue weighted by molar-refractivity contribution is 7.26. The van der Waals surface area contributed by atoms with Crippen molar-refractivity contribution < 1.29 is 0 Å². The van der Waals surface area contributed by atoms with Crippen molar-refractivity contribution in [3.8, 4) is 44.5 Å². The smallest absolute Gasteiger partial charge is 0.0434 e. The van der Waals surface area contributed by atoms with E-state index in [2.05, 4.69) is 206 Å². The first kappa shape index (κ1) is 33.8. The fraction of sp³-hybridized carbons (Fsp3) is 0. The lowest BCUT2D eigenvalue weighted by Crippen LogP contribution is -1.91. The lowest BCUT2D eigenvalue weighted by molar-refractivity contribution is 1.67. The molecule has 0 atom stereocenters. The quantitative estimate of drug-likeness (QED) is 0.156. The maximum atomic E-state index is 2.42. The van der Waals surface area contributed by atoms with Gasteiger partial charge in [-0.05, 0) is 100 Å². The van der Waals surface area contributed by atoms with Crippen molar-refractivity contribution in [1.29, 1.82) is 0 Å². The zero-order valence-corrected chi connectivity index (χ0v) is 34.1. The first-order chi connectivity index (χ1) is 29.8. The molecule has 0 spiro atoms. The molecule has 2 heteroatoms. The average molecular weight is 795 g/mol. The second-order valence-corrected chi connectivity index (χ2v) is 18.0. The van der Waals surface area contributed by atoms with Crippen molar-refractivity contribution in [3.63, 3.8) is 0 Å². The van der Waals surface area contributed by atoms with Crippen LogP contribution in [0.2, 0.25) is 0 Å². The van der Waals surface area contributed by atoms with Crippen LogP contribution in [0.4, 0.5) is 0 Å². The Morgan fingerprint density at radius 3 is 1.28 bits per heavy atom. The van der Waals surface area contributed by atoms with Crippen LogP contribution < -0.4 is 0 Å². The maximum Gasteiger partial charge on any atom is 0.0434 e. The molecule has 0 nitrogen and oxygen atoms in total. The summed E-state index contributed by atoms with van der Waals surface area (Å²) in [5.74, 6) is 0. The Morgan fingerprint density at radius 1 is 0.233 bits per heavy atom. The number of hydrogen-bond donors (Lipinski definition) is 0. The summed E-state index contributed by atoms with van der Waals surface area (Å²) in [7, 11) is 0. The van der Waals surface area contributed by atoms with E-state index in [9.17, 15) is 0 Å². The first-order valence-corrected chi connectivity index (χ1v) is 22.2. The highest BCUT2D eigenvalue weighted by atomic mass is 32.1. The van der Waals surface area contributed by atoms with E-state index in [4.69, 9.17) is 0 Å². The lowest BCUT2D eigenvalue weighted by Gasteiger charge is -2.19. The highest BCUT2D eigenvalue weighted by Gasteiger charge is 2.23. The molecule has 2 heterocycles. The summed E-state index contributed by atoms with van der Waals surface area (Å²) in [4.78, 5) is 0. The van der Waals surface area contributed by atoms with Crippen LogP contribution in [0.1, 0.15) is 0 Å². The van der Waals surface area contributed by atoms with E-state index in [-0.39, 0.29) is 0 Å². The topological polar surface area (TPSA) is 0 Å². The number of thiophene rings is 2. The van der Waals surface area contributed by atoms with Gasteiger partial charge in [0.15, 0.2) is 0 Å². The molecule has 0 radical (unpaired) electrons. The van der Waals surface area contributed by atoms with Crippen molar-refractivity contribution in [1.82, 2.24) is 0 Å². The molecule has 0 saturated heterocycles. The van der Waals surface area contributed by atoms with Crippen LogP contribution in [0.3, 0.4) is 0 Å². The minimum Gasteiger partial charge on any atom is -0.135 e. The van der Waals surface area contributed by atoms with Crippen LogP contribution in [0, 0.1) is 0 Å². The fourth-order valence-corrected chi connectivity index (χ4v) is 12.6. The SMILES string of the molecule is c1ccc(-c2c3ccccc3c(-c3cccc4sc5c(-c6c7ccccc7c(-c7ccc8c(c7)sc7ccccc78)c7ccccc67)cccc5c34)c3ccccc23)cc1. The minimum atomic E-state index is 1.24. The molecule has 0 aliphatic rings. The highest BCUT2D eigenvalue weighted by Crippen LogP contribution is 2.52. The van der Waals surface area contributed by atoms with E-state index in [0.717, 1.165) is 0 Å². The molecule has 0 aliphatic carbocycles. The molecule has 0 fully saturated rings. The lowest BCUT2D eigenvalue weighted by atomic mass is 9.84. The Bertz CT molecular complexity index is 3770. The van der Waals surface area contributed by atoms with Crippen molar-refractivity contribution >= 4 is 106 Å². The molecule has 0 saturated carbocycles. The monoisotopic (exact) mass is 794 g/mol. The molecule has 13 aromatic rings. The van der Waals surface area contributed by atoms with Crippen molar-refractivity contribution in [2.75, 3.05) is 0 Å². The fourth-order valence-electron chi connectivity index (χ4n) is 10.2. The molecule has 278 valence electrons. The largest absolute Gasteiger partial charge is 0.135 e. The third kappa shape index (κ3) is 4.90. The molecule has 0 N–H and O–H groups in total. The number of fused-ring (bicyclic) bond motifs is 10. The number of rotatable bonds is 4. The number of hydrogen-bond acceptors (Lipinski definition) is 2. The molecule has 0 unspecified atom stereocenters. The molecule has 0 bridgehead atoms. The van der Waals surface area contributed by atoms with Crippen LogP contribution >= 0.6 is 22.7 Å². The zero-order chi connectivity index (χ0) is 39.3. The Balaban J connectivity index is 1.09. The van der Waals surface area contributed by atoms with Crippen molar-refractivity contribution in [3.05, 3.63) is 206 Å². The molecule has 0 amide bonds. The summed E-state index contributed by atoms with van der Waals surface area (Å²) in [6, 6.07) is 76.8. The summed E-state index contributed by atoms with van der Waals surface area (Å²) in [6.07, 6.45) is 0. The van der Waals surface area contributed by atoms with Crippen LogP contribution in [-0.2, 0) is 0 Å². The van der Waals surface area contributed by atoms with E-state index >= 15 is 0 Å². The average Bonchev–Trinajstić information content (AvgIpc) is 3.89. The van der Waals surface area contributed by atoms with Gasteiger partial charge in [-0.25, -0.2) is 0 Å². The van der Waals surface area contributed by atoms with Gasteiger partial charge in [0.25, 0.3) is 0 Å². The van der Waals surface area contributed by atoms with Gasteiger partial charge in [0.05, 0.1) is 0 Å². The second-order valence-electron chi connectivity index (χ2n) is 15.8. The molecule has 60 heavy (non-hydrogen) atoms. The van der Waals surface area contributed by atoms with Gasteiger partial charge in [-0.1, -0.05) is 188 Å². The second kappa shape index (κ2) is 13.2. The Morgan fingerprint density at radius 2 is 0.667 bits per heavy atom. The van der Waals surface area contributed by atoms with Gasteiger partial charge in [0.2, 0.25) is 0 Å². The molecule has 0 aliphatic heterocycles. The number of benzene rings is 11. The summed E-state index contributed by atoms with van der Waals surface area (Å²) < 4.78 is 5.29. The van der Waals surface area contributed by atoms with Crippen molar-refractivity contribution in [2.24, 2.45) is 0 Å². The predicted molar refractivity (Wildman–Crippen MR) is 264 cm³/mol. The van der Waals surface area contributed by atoms with Gasteiger partial charge in [-0.15, -0.1) is 22.7 Å². The molecule has 2 aromatic heterocycles. The van der Waals surface area contributed by atoms with Crippen molar-refractivity contribution in [2.45, 2.75) is 0 Å².